The molecule has 13 heavy (non-hydrogen) atoms. The second kappa shape index (κ2) is 5.94. The monoisotopic (exact) mass is 188 g/mol. The normalized spacial score (nSPS) is 17.6. The van der Waals surface area contributed by atoms with Crippen molar-refractivity contribution in [3.8, 4) is 0 Å². The lowest BCUT2D eigenvalue weighted by Crippen LogP contribution is -2.45. The van der Waals surface area contributed by atoms with E-state index in [-0.39, 0.29) is 24.1 Å². The SMILES string of the molecule is CNC(=O)C(C)NC(C)CC(C)O. The van der Waals surface area contributed by atoms with Crippen molar-refractivity contribution in [3.05, 3.63) is 0 Å². The average molecular weight is 188 g/mol. The number of hydrogen-bond acceptors (Lipinski definition) is 3. The van der Waals surface area contributed by atoms with Gasteiger partial charge in [-0.05, 0) is 27.2 Å². The van der Waals surface area contributed by atoms with Crippen LogP contribution in [0.15, 0.2) is 0 Å². The lowest BCUT2D eigenvalue weighted by atomic mass is 10.1. The van der Waals surface area contributed by atoms with Crippen LogP contribution >= 0.6 is 0 Å². The molecule has 0 radical (unpaired) electrons. The first-order valence-electron chi connectivity index (χ1n) is 4.63. The highest BCUT2D eigenvalue weighted by molar-refractivity contribution is 5.80. The van der Waals surface area contributed by atoms with Crippen molar-refractivity contribution in [2.45, 2.75) is 45.4 Å². The van der Waals surface area contributed by atoms with Gasteiger partial charge in [0.2, 0.25) is 5.91 Å². The number of amides is 1. The molecule has 0 rings (SSSR count). The number of rotatable bonds is 5. The topological polar surface area (TPSA) is 61.4 Å². The van der Waals surface area contributed by atoms with Crippen molar-refractivity contribution in [3.63, 3.8) is 0 Å². The summed E-state index contributed by atoms with van der Waals surface area (Å²) in [5, 5.41) is 14.7. The zero-order valence-corrected chi connectivity index (χ0v) is 8.79. The molecule has 0 fully saturated rings. The van der Waals surface area contributed by atoms with Gasteiger partial charge < -0.3 is 15.7 Å². The molecule has 3 N–H and O–H groups in total. The molecule has 0 aromatic rings. The molecule has 0 aliphatic heterocycles. The number of likely N-dealkylation sites (N-methyl/N-ethyl adjacent to an activating group) is 1. The number of aliphatic hydroxyl groups is 1. The third kappa shape index (κ3) is 5.60. The van der Waals surface area contributed by atoms with Crippen LogP contribution < -0.4 is 10.6 Å². The molecule has 0 saturated carbocycles. The molecule has 4 nitrogen and oxygen atoms in total. The fraction of sp³-hybridized carbons (Fsp3) is 0.889. The van der Waals surface area contributed by atoms with E-state index >= 15 is 0 Å². The van der Waals surface area contributed by atoms with E-state index in [4.69, 9.17) is 5.11 Å². The Morgan fingerprint density at radius 3 is 2.31 bits per heavy atom. The second-order valence-corrected chi connectivity index (χ2v) is 3.49. The summed E-state index contributed by atoms with van der Waals surface area (Å²) in [6.07, 6.45) is 0.320. The van der Waals surface area contributed by atoms with Crippen molar-refractivity contribution in [2.24, 2.45) is 0 Å². The second-order valence-electron chi connectivity index (χ2n) is 3.49. The molecule has 3 unspecified atom stereocenters. The van der Waals surface area contributed by atoms with Gasteiger partial charge in [0.15, 0.2) is 0 Å². The lowest BCUT2D eigenvalue weighted by molar-refractivity contribution is -0.122. The first-order chi connectivity index (χ1) is 5.97. The maximum absolute atomic E-state index is 11.1. The van der Waals surface area contributed by atoms with Crippen molar-refractivity contribution in [1.29, 1.82) is 0 Å². The minimum Gasteiger partial charge on any atom is -0.393 e. The molecule has 0 aromatic heterocycles. The van der Waals surface area contributed by atoms with Gasteiger partial charge in [0.1, 0.15) is 0 Å². The predicted molar refractivity (Wildman–Crippen MR) is 52.4 cm³/mol. The smallest absolute Gasteiger partial charge is 0.236 e. The van der Waals surface area contributed by atoms with Crippen molar-refractivity contribution < 1.29 is 9.90 Å². The zero-order chi connectivity index (χ0) is 10.4. The Morgan fingerprint density at radius 2 is 1.92 bits per heavy atom. The van der Waals surface area contributed by atoms with Crippen LogP contribution in [0.25, 0.3) is 0 Å². The summed E-state index contributed by atoms with van der Waals surface area (Å²) in [7, 11) is 1.61. The van der Waals surface area contributed by atoms with E-state index in [9.17, 15) is 4.79 Å². The highest BCUT2D eigenvalue weighted by Crippen LogP contribution is 1.97. The molecule has 0 bridgehead atoms. The molecule has 0 heterocycles. The van der Waals surface area contributed by atoms with Crippen molar-refractivity contribution in [2.75, 3.05) is 7.05 Å². The Hall–Kier alpha value is -0.610. The molecule has 0 spiro atoms. The molecule has 3 atom stereocenters. The number of aliphatic hydroxyl groups excluding tert-OH is 1. The number of carbonyl (C=O) groups is 1. The van der Waals surface area contributed by atoms with Crippen LogP contribution in [0.1, 0.15) is 27.2 Å². The van der Waals surface area contributed by atoms with E-state index in [1.54, 1.807) is 20.9 Å². The third-order valence-electron chi connectivity index (χ3n) is 1.87. The third-order valence-corrected chi connectivity index (χ3v) is 1.87. The van der Waals surface area contributed by atoms with Crippen LogP contribution in [0.3, 0.4) is 0 Å². The van der Waals surface area contributed by atoms with Crippen molar-refractivity contribution >= 4 is 5.91 Å². The quantitative estimate of drug-likeness (QED) is 0.563. The summed E-state index contributed by atoms with van der Waals surface area (Å²) >= 11 is 0. The molecule has 78 valence electrons. The largest absolute Gasteiger partial charge is 0.393 e. The molecular weight excluding hydrogens is 168 g/mol. The number of carbonyl (C=O) groups excluding carboxylic acids is 1. The summed E-state index contributed by atoms with van der Waals surface area (Å²) in [6, 6.07) is -0.0638. The van der Waals surface area contributed by atoms with Crippen LogP contribution in [-0.4, -0.2) is 36.2 Å². The van der Waals surface area contributed by atoms with Gasteiger partial charge in [-0.25, -0.2) is 0 Å². The molecule has 1 amide bonds. The minimum absolute atomic E-state index is 0.0301. The Labute approximate surface area is 79.7 Å². The van der Waals surface area contributed by atoms with Gasteiger partial charge in [0.25, 0.3) is 0 Å². The molecule has 0 aliphatic carbocycles. The standard InChI is InChI=1S/C9H20N2O2/c1-6(5-7(2)12)11-8(3)9(13)10-4/h6-8,11-12H,5H2,1-4H3,(H,10,13). The van der Waals surface area contributed by atoms with E-state index < -0.39 is 0 Å². The highest BCUT2D eigenvalue weighted by Gasteiger charge is 2.14. The molecule has 0 aromatic carbocycles. The summed E-state index contributed by atoms with van der Waals surface area (Å²) < 4.78 is 0. The van der Waals surface area contributed by atoms with E-state index in [2.05, 4.69) is 10.6 Å². The zero-order valence-electron chi connectivity index (χ0n) is 8.79. The number of nitrogens with one attached hydrogen (secondary N) is 2. The Kier molecular flexibility index (Phi) is 5.66. The van der Waals surface area contributed by atoms with Gasteiger partial charge in [-0.1, -0.05) is 0 Å². The molecular formula is C9H20N2O2. The van der Waals surface area contributed by atoms with E-state index in [0.29, 0.717) is 6.42 Å². The first kappa shape index (κ1) is 12.4. The van der Waals surface area contributed by atoms with Crippen molar-refractivity contribution in [1.82, 2.24) is 10.6 Å². The summed E-state index contributed by atoms with van der Waals surface area (Å²) in [4.78, 5) is 11.1. The van der Waals surface area contributed by atoms with Crippen LogP contribution in [0.2, 0.25) is 0 Å². The number of hydrogen-bond donors (Lipinski definition) is 3. The van der Waals surface area contributed by atoms with Crippen LogP contribution in [0.5, 0.6) is 0 Å². The van der Waals surface area contributed by atoms with Gasteiger partial charge in [0.05, 0.1) is 12.1 Å². The fourth-order valence-electron chi connectivity index (χ4n) is 1.30. The van der Waals surface area contributed by atoms with Gasteiger partial charge in [-0.15, -0.1) is 0 Å². The fourth-order valence-corrected chi connectivity index (χ4v) is 1.30. The maximum atomic E-state index is 11.1. The summed E-state index contributed by atoms with van der Waals surface area (Å²) in [6.45, 7) is 5.49. The van der Waals surface area contributed by atoms with Gasteiger partial charge in [0, 0.05) is 13.1 Å². The Balaban J connectivity index is 3.77. The first-order valence-corrected chi connectivity index (χ1v) is 4.63. The molecule has 0 saturated heterocycles. The molecule has 4 heteroatoms. The summed E-state index contributed by atoms with van der Waals surface area (Å²) in [5.74, 6) is -0.0301. The Morgan fingerprint density at radius 1 is 1.38 bits per heavy atom. The minimum atomic E-state index is -0.334. The average Bonchev–Trinajstić information content (AvgIpc) is 2.01. The van der Waals surface area contributed by atoms with E-state index in [1.165, 1.54) is 0 Å². The molecule has 0 aliphatic rings. The van der Waals surface area contributed by atoms with Gasteiger partial charge in [-0.2, -0.15) is 0 Å². The predicted octanol–water partition coefficient (Wildman–Crippen LogP) is -0.130. The van der Waals surface area contributed by atoms with Gasteiger partial charge >= 0.3 is 0 Å². The Bertz CT molecular complexity index is 160. The van der Waals surface area contributed by atoms with Gasteiger partial charge in [-0.3, -0.25) is 4.79 Å². The highest BCUT2D eigenvalue weighted by atomic mass is 16.3. The van der Waals surface area contributed by atoms with Crippen LogP contribution in [0, 0.1) is 0 Å². The summed E-state index contributed by atoms with van der Waals surface area (Å²) in [5.41, 5.74) is 0. The van der Waals surface area contributed by atoms with Crippen LogP contribution in [-0.2, 0) is 4.79 Å². The lowest BCUT2D eigenvalue weighted by Gasteiger charge is -2.19. The van der Waals surface area contributed by atoms with Crippen LogP contribution in [0.4, 0.5) is 0 Å². The van der Waals surface area contributed by atoms with E-state index in [0.717, 1.165) is 0 Å². The van der Waals surface area contributed by atoms with E-state index in [1.807, 2.05) is 6.92 Å². The maximum Gasteiger partial charge on any atom is 0.236 e.